The largest absolute Gasteiger partial charge is 0.391 e. The molecule has 0 radical (unpaired) electrons. The fourth-order valence-corrected chi connectivity index (χ4v) is 1.72. The van der Waals surface area contributed by atoms with Gasteiger partial charge >= 0.3 is 0 Å². The van der Waals surface area contributed by atoms with Crippen LogP contribution in [-0.2, 0) is 4.74 Å². The van der Waals surface area contributed by atoms with E-state index in [-0.39, 0.29) is 6.10 Å². The van der Waals surface area contributed by atoms with Gasteiger partial charge in [0.1, 0.15) is 0 Å². The van der Waals surface area contributed by atoms with E-state index in [0.29, 0.717) is 12.0 Å². The van der Waals surface area contributed by atoms with Crippen molar-refractivity contribution >= 4 is 0 Å². The van der Waals surface area contributed by atoms with Crippen LogP contribution in [0.1, 0.15) is 6.92 Å². The normalized spacial score (nSPS) is 40.9. The quantitative estimate of drug-likeness (QED) is 0.567. The van der Waals surface area contributed by atoms with Crippen LogP contribution in [0.3, 0.4) is 0 Å². The number of β-amino-alcohol motifs (C(OH)–C–C–N with tert-alkyl or cyclic N) is 1. The maximum atomic E-state index is 9.45. The highest BCUT2D eigenvalue weighted by Crippen LogP contribution is 2.21. The van der Waals surface area contributed by atoms with Crippen LogP contribution >= 0.6 is 0 Å². The average Bonchev–Trinajstić information content (AvgIpc) is 2.08. The van der Waals surface area contributed by atoms with E-state index >= 15 is 0 Å². The second-order valence-electron chi connectivity index (χ2n) is 3.69. The van der Waals surface area contributed by atoms with Crippen LogP contribution in [0.2, 0.25) is 0 Å². The number of hydrogen-bond donors (Lipinski definition) is 1. The summed E-state index contributed by atoms with van der Waals surface area (Å²) < 4.78 is 5.09. The molecule has 2 aliphatic heterocycles. The molecule has 1 N–H and O–H groups in total. The summed E-state index contributed by atoms with van der Waals surface area (Å²) in [5.41, 5.74) is 0. The van der Waals surface area contributed by atoms with Crippen LogP contribution in [-0.4, -0.2) is 48.5 Å². The van der Waals surface area contributed by atoms with Gasteiger partial charge in [0.05, 0.1) is 25.4 Å². The summed E-state index contributed by atoms with van der Waals surface area (Å²) >= 11 is 0. The highest BCUT2D eigenvalue weighted by molar-refractivity contribution is 4.87. The fourth-order valence-electron chi connectivity index (χ4n) is 1.72. The smallest absolute Gasteiger partial charge is 0.0704 e. The molecule has 11 heavy (non-hydrogen) atoms. The lowest BCUT2D eigenvalue weighted by Gasteiger charge is -2.34. The molecule has 1 unspecified atom stereocenters. The van der Waals surface area contributed by atoms with Crippen molar-refractivity contribution in [3.8, 4) is 0 Å². The molecule has 0 aromatic carbocycles. The molecular weight excluding hydrogens is 142 g/mol. The summed E-state index contributed by atoms with van der Waals surface area (Å²) in [6, 6.07) is 0.592. The van der Waals surface area contributed by atoms with Gasteiger partial charge in [0, 0.05) is 13.1 Å². The highest BCUT2D eigenvalue weighted by Gasteiger charge is 2.35. The molecule has 2 saturated heterocycles. The second kappa shape index (κ2) is 2.73. The van der Waals surface area contributed by atoms with Crippen LogP contribution in [0.25, 0.3) is 0 Å². The van der Waals surface area contributed by atoms with Gasteiger partial charge < -0.3 is 9.84 Å². The molecule has 2 heterocycles. The molecule has 0 amide bonds. The zero-order valence-corrected chi connectivity index (χ0v) is 6.86. The second-order valence-corrected chi connectivity index (χ2v) is 3.69. The van der Waals surface area contributed by atoms with Gasteiger partial charge in [-0.3, -0.25) is 4.90 Å². The molecule has 2 atom stereocenters. The minimum Gasteiger partial charge on any atom is -0.391 e. The summed E-state index contributed by atoms with van der Waals surface area (Å²) in [4.78, 5) is 2.33. The van der Waals surface area contributed by atoms with Gasteiger partial charge in [-0.15, -0.1) is 0 Å². The Morgan fingerprint density at radius 2 is 2.09 bits per heavy atom. The van der Waals surface area contributed by atoms with E-state index in [1.807, 2.05) is 0 Å². The van der Waals surface area contributed by atoms with Crippen molar-refractivity contribution in [2.45, 2.75) is 19.1 Å². The number of aliphatic hydroxyl groups excluding tert-OH is 1. The van der Waals surface area contributed by atoms with E-state index in [2.05, 4.69) is 11.8 Å². The van der Waals surface area contributed by atoms with Crippen molar-refractivity contribution in [3.05, 3.63) is 0 Å². The van der Waals surface area contributed by atoms with Gasteiger partial charge in [-0.25, -0.2) is 0 Å². The minimum absolute atomic E-state index is 0.115. The van der Waals surface area contributed by atoms with E-state index in [4.69, 9.17) is 4.74 Å². The van der Waals surface area contributed by atoms with Crippen LogP contribution in [0.5, 0.6) is 0 Å². The third-order valence-corrected chi connectivity index (χ3v) is 2.74. The first kappa shape index (κ1) is 7.53. The Labute approximate surface area is 66.9 Å². The van der Waals surface area contributed by atoms with Gasteiger partial charge in [-0.2, -0.15) is 0 Å². The number of rotatable bonds is 1. The molecule has 0 aromatic rings. The fraction of sp³-hybridized carbons (Fsp3) is 1.00. The third kappa shape index (κ3) is 1.28. The molecule has 3 heteroatoms. The molecule has 2 fully saturated rings. The summed E-state index contributed by atoms with van der Waals surface area (Å²) in [6.07, 6.45) is -0.115. The Hall–Kier alpha value is -0.120. The molecule has 3 nitrogen and oxygen atoms in total. The van der Waals surface area contributed by atoms with Gasteiger partial charge in [0.2, 0.25) is 0 Å². The Kier molecular flexibility index (Phi) is 1.87. The molecule has 2 rings (SSSR count). The molecule has 0 bridgehead atoms. The first-order valence-electron chi connectivity index (χ1n) is 4.27. The Morgan fingerprint density at radius 3 is 2.45 bits per heavy atom. The lowest BCUT2D eigenvalue weighted by atomic mass is 10.1. The molecule has 0 aromatic heterocycles. The molecule has 0 saturated carbocycles. The number of likely N-dealkylation sites (tertiary alicyclic amines) is 1. The highest BCUT2D eigenvalue weighted by atomic mass is 16.5. The standard InChI is InChI=1S/C8H15NO2/c1-6-2-9(3-8(6)10)7-4-11-5-7/h6-8,10H,2-5H2,1H3/t6?,8-/m1/s1. The summed E-state index contributed by atoms with van der Waals surface area (Å²) in [5, 5.41) is 9.45. The van der Waals surface area contributed by atoms with Crippen LogP contribution in [0, 0.1) is 5.92 Å². The number of nitrogens with zero attached hydrogens (tertiary/aromatic N) is 1. The van der Waals surface area contributed by atoms with Crippen molar-refractivity contribution < 1.29 is 9.84 Å². The average molecular weight is 157 g/mol. The van der Waals surface area contributed by atoms with Gasteiger partial charge in [-0.1, -0.05) is 6.92 Å². The lowest BCUT2D eigenvalue weighted by molar-refractivity contribution is -0.0600. The lowest BCUT2D eigenvalue weighted by Crippen LogP contribution is -2.48. The van der Waals surface area contributed by atoms with Crippen LogP contribution < -0.4 is 0 Å². The maximum absolute atomic E-state index is 9.45. The molecular formula is C8H15NO2. The summed E-state index contributed by atoms with van der Waals surface area (Å²) in [5.74, 6) is 0.440. The zero-order chi connectivity index (χ0) is 7.84. The maximum Gasteiger partial charge on any atom is 0.0704 e. The predicted molar refractivity (Wildman–Crippen MR) is 41.4 cm³/mol. The topological polar surface area (TPSA) is 32.7 Å². The Bertz CT molecular complexity index is 137. The molecule has 0 spiro atoms. The minimum atomic E-state index is -0.115. The van der Waals surface area contributed by atoms with Crippen molar-refractivity contribution in [3.63, 3.8) is 0 Å². The molecule has 0 aliphatic carbocycles. The summed E-state index contributed by atoms with van der Waals surface area (Å²) in [7, 11) is 0. The van der Waals surface area contributed by atoms with Gasteiger partial charge in [0.15, 0.2) is 0 Å². The Balaban J connectivity index is 1.87. The van der Waals surface area contributed by atoms with Crippen molar-refractivity contribution in [1.29, 1.82) is 0 Å². The molecule has 2 aliphatic rings. The third-order valence-electron chi connectivity index (χ3n) is 2.74. The number of aliphatic hydroxyl groups is 1. The number of ether oxygens (including phenoxy) is 1. The van der Waals surface area contributed by atoms with Crippen LogP contribution in [0.4, 0.5) is 0 Å². The van der Waals surface area contributed by atoms with Crippen molar-refractivity contribution in [1.82, 2.24) is 4.90 Å². The SMILES string of the molecule is CC1CN(C2COC2)C[C@H]1O. The van der Waals surface area contributed by atoms with E-state index < -0.39 is 0 Å². The zero-order valence-electron chi connectivity index (χ0n) is 6.86. The monoisotopic (exact) mass is 157 g/mol. The van der Waals surface area contributed by atoms with Crippen molar-refractivity contribution in [2.24, 2.45) is 5.92 Å². The Morgan fingerprint density at radius 1 is 1.36 bits per heavy atom. The van der Waals surface area contributed by atoms with Gasteiger partial charge in [-0.05, 0) is 5.92 Å². The van der Waals surface area contributed by atoms with E-state index in [1.165, 1.54) is 0 Å². The van der Waals surface area contributed by atoms with E-state index in [1.54, 1.807) is 0 Å². The predicted octanol–water partition coefficient (Wildman–Crippen LogP) is -0.302. The summed E-state index contributed by atoms with van der Waals surface area (Å²) in [6.45, 7) is 5.70. The van der Waals surface area contributed by atoms with E-state index in [0.717, 1.165) is 26.3 Å². The molecule has 64 valence electrons. The van der Waals surface area contributed by atoms with Gasteiger partial charge in [0.25, 0.3) is 0 Å². The van der Waals surface area contributed by atoms with E-state index in [9.17, 15) is 5.11 Å². The first-order valence-corrected chi connectivity index (χ1v) is 4.27. The van der Waals surface area contributed by atoms with Crippen molar-refractivity contribution in [2.75, 3.05) is 26.3 Å². The van der Waals surface area contributed by atoms with Crippen LogP contribution in [0.15, 0.2) is 0 Å². The first-order chi connectivity index (χ1) is 5.27. The number of hydrogen-bond acceptors (Lipinski definition) is 3.